The Morgan fingerprint density at radius 2 is 0.717 bits per heavy atom. The molecule has 5 rings (SSSR count). The van der Waals surface area contributed by atoms with Crippen molar-refractivity contribution in [1.29, 1.82) is 0 Å². The number of ether oxygens (including phenoxy) is 9. The highest BCUT2D eigenvalue weighted by Gasteiger charge is 2.57. The Morgan fingerprint density at radius 3 is 1.20 bits per heavy atom. The van der Waals surface area contributed by atoms with Crippen LogP contribution in [0.2, 0.25) is 0 Å². The minimum atomic E-state index is -5.15. The van der Waals surface area contributed by atoms with Gasteiger partial charge in [-0.1, -0.05) is 0 Å². The van der Waals surface area contributed by atoms with E-state index in [2.05, 4.69) is 4.52 Å². The number of phosphoric ester groups is 1. The molecule has 0 spiro atoms. The summed E-state index contributed by atoms with van der Waals surface area (Å²) in [5.74, 6) is 0. The average molecular weight is 909 g/mol. The molecule has 0 aromatic heterocycles. The molecule has 0 radical (unpaired) electrons. The molecule has 5 fully saturated rings. The van der Waals surface area contributed by atoms with Gasteiger partial charge in [-0.2, -0.15) is 0 Å². The highest BCUT2D eigenvalue weighted by Crippen LogP contribution is 2.39. The maximum Gasteiger partial charge on any atom is 0.469 e. The van der Waals surface area contributed by atoms with E-state index in [-0.39, 0.29) is 0 Å². The largest absolute Gasteiger partial charge is 0.469 e. The molecule has 18 N–H and O–H groups in total. The summed E-state index contributed by atoms with van der Waals surface area (Å²) in [6, 6.07) is 0. The molecule has 0 aromatic rings. The van der Waals surface area contributed by atoms with Gasteiger partial charge >= 0.3 is 7.82 Å². The molecule has 0 amide bonds. The summed E-state index contributed by atoms with van der Waals surface area (Å²) in [5.41, 5.74) is 0. The van der Waals surface area contributed by atoms with Crippen LogP contribution in [-0.4, -0.2) is 278 Å². The molecule has 30 heteroatoms. The summed E-state index contributed by atoms with van der Waals surface area (Å²) >= 11 is 0. The van der Waals surface area contributed by atoms with E-state index in [0.717, 1.165) is 0 Å². The molecule has 0 aromatic carbocycles. The zero-order valence-corrected chi connectivity index (χ0v) is 31.9. The lowest BCUT2D eigenvalue weighted by Crippen LogP contribution is -2.68. The van der Waals surface area contributed by atoms with Gasteiger partial charge in [0.2, 0.25) is 0 Å². The predicted molar refractivity (Wildman–Crippen MR) is 177 cm³/mol. The molecule has 5 aliphatic rings. The van der Waals surface area contributed by atoms with Crippen molar-refractivity contribution in [2.45, 2.75) is 154 Å². The summed E-state index contributed by atoms with van der Waals surface area (Å²) < 4.78 is 65.3. The molecule has 25 atom stereocenters. The van der Waals surface area contributed by atoms with E-state index >= 15 is 0 Å². The van der Waals surface area contributed by atoms with Crippen LogP contribution in [0.4, 0.5) is 0 Å². The summed E-state index contributed by atoms with van der Waals surface area (Å²) in [5, 5.41) is 168. The van der Waals surface area contributed by atoms with Crippen molar-refractivity contribution < 1.29 is 143 Å². The Balaban J connectivity index is 1.40. The van der Waals surface area contributed by atoms with Crippen molar-refractivity contribution in [3.05, 3.63) is 0 Å². The second kappa shape index (κ2) is 21.0. The van der Waals surface area contributed by atoms with E-state index < -0.39 is 194 Å². The zero-order valence-electron chi connectivity index (χ0n) is 31.0. The van der Waals surface area contributed by atoms with Gasteiger partial charge in [0.15, 0.2) is 31.5 Å². The number of rotatable bonds is 15. The normalized spacial score (nSPS) is 50.7. The van der Waals surface area contributed by atoms with Crippen LogP contribution >= 0.6 is 7.82 Å². The van der Waals surface area contributed by atoms with E-state index in [9.17, 15) is 86.3 Å². The lowest BCUT2D eigenvalue weighted by atomic mass is 9.95. The molecule has 0 aliphatic carbocycles. The van der Waals surface area contributed by atoms with Gasteiger partial charge in [0, 0.05) is 0 Å². The Morgan fingerprint density at radius 1 is 0.367 bits per heavy atom. The number of aliphatic hydroxyl groups is 16. The van der Waals surface area contributed by atoms with Gasteiger partial charge in [0.1, 0.15) is 122 Å². The second-order valence-corrected chi connectivity index (χ2v) is 15.8. The summed E-state index contributed by atoms with van der Waals surface area (Å²) in [6.07, 6.45) is -50.0. The lowest BCUT2D eigenvalue weighted by Gasteiger charge is -2.50. The third-order valence-electron chi connectivity index (χ3n) is 10.6. The Bertz CT molecular complexity index is 1380. The molecule has 5 heterocycles. The smallest absolute Gasteiger partial charge is 0.394 e. The van der Waals surface area contributed by atoms with Crippen molar-refractivity contribution in [3.63, 3.8) is 0 Å². The monoisotopic (exact) mass is 908 g/mol. The van der Waals surface area contributed by atoms with E-state index in [0.29, 0.717) is 0 Å². The first-order chi connectivity index (χ1) is 28.2. The van der Waals surface area contributed by atoms with Crippen molar-refractivity contribution >= 4 is 7.82 Å². The molecular weight excluding hydrogens is 855 g/mol. The van der Waals surface area contributed by atoms with Crippen molar-refractivity contribution in [2.24, 2.45) is 0 Å². The third kappa shape index (κ3) is 10.8. The fourth-order valence-electron chi connectivity index (χ4n) is 7.12. The number of hydrogen-bond donors (Lipinski definition) is 18. The Kier molecular flexibility index (Phi) is 17.5. The van der Waals surface area contributed by atoms with Gasteiger partial charge in [-0.15, -0.1) is 0 Å². The van der Waals surface area contributed by atoms with Crippen LogP contribution in [0.25, 0.3) is 0 Å². The first kappa shape index (κ1) is 50.1. The topological polar surface area (TPSA) is 474 Å². The molecule has 1 unspecified atom stereocenters. The summed E-state index contributed by atoms with van der Waals surface area (Å²) in [7, 11) is -5.15. The second-order valence-electron chi connectivity index (χ2n) is 14.6. The molecule has 60 heavy (non-hydrogen) atoms. The van der Waals surface area contributed by atoms with E-state index in [4.69, 9.17) is 52.4 Å². The van der Waals surface area contributed by atoms with E-state index in [1.54, 1.807) is 0 Å². The van der Waals surface area contributed by atoms with E-state index in [1.165, 1.54) is 0 Å². The molecule has 0 saturated carbocycles. The van der Waals surface area contributed by atoms with Crippen LogP contribution < -0.4 is 0 Å². The molecule has 0 bridgehead atoms. The first-order valence-electron chi connectivity index (χ1n) is 18.4. The average Bonchev–Trinajstić information content (AvgIpc) is 3.21. The van der Waals surface area contributed by atoms with Crippen LogP contribution in [0.3, 0.4) is 0 Å². The predicted octanol–water partition coefficient (Wildman–Crippen LogP) is -11.8. The Labute approximate surface area is 337 Å². The van der Waals surface area contributed by atoms with Gasteiger partial charge in [0.25, 0.3) is 0 Å². The fourth-order valence-corrected chi connectivity index (χ4v) is 7.46. The van der Waals surface area contributed by atoms with Crippen LogP contribution in [-0.2, 0) is 51.7 Å². The quantitative estimate of drug-likeness (QED) is 0.0678. The maximum absolute atomic E-state index is 11.4. The minimum absolute atomic E-state index is 0.850. The number of aliphatic hydroxyl groups excluding tert-OH is 16. The van der Waals surface area contributed by atoms with Crippen molar-refractivity contribution in [2.75, 3.05) is 33.0 Å². The molecule has 5 saturated heterocycles. The number of phosphoric acid groups is 1. The van der Waals surface area contributed by atoms with Gasteiger partial charge < -0.3 is 134 Å². The van der Waals surface area contributed by atoms with E-state index in [1.807, 2.05) is 0 Å². The van der Waals surface area contributed by atoms with Crippen LogP contribution in [0.5, 0.6) is 0 Å². The fraction of sp³-hybridized carbons (Fsp3) is 1.00. The maximum atomic E-state index is 11.4. The first-order valence-corrected chi connectivity index (χ1v) is 19.9. The van der Waals surface area contributed by atoms with Crippen LogP contribution in [0.15, 0.2) is 0 Å². The minimum Gasteiger partial charge on any atom is -0.394 e. The molecule has 29 nitrogen and oxygen atoms in total. The third-order valence-corrected chi connectivity index (χ3v) is 11.0. The molecule has 5 aliphatic heterocycles. The summed E-state index contributed by atoms with van der Waals surface area (Å²) in [4.78, 5) is 18.1. The molecule has 352 valence electrons. The van der Waals surface area contributed by atoms with Gasteiger partial charge in [-0.05, 0) is 0 Å². The SMILES string of the molecule is O=P(O)(O)OC[C@H]1O[C@H](O[C@@H]2[C@H](O)[C@@H](O[C@@H]3[C@@H](O[C@@H]4[C@@H](O[C@@H]5C(O)O[C@H](CO)[C@@H](O)[C@@H]5O)O[C@H](CO)[C@@H](O)[C@@H]4O)O[C@H](CO)[C@@H](O)[C@@H]3O)O[C@H](CO)[C@H]2O)[C@@H](O)[C@@H](O)[C@@H]1O. The standard InChI is InChI=1S/C30H53O29P/c31-1-6-11(35)17(41)23(26(46)51-6)57-29-25(19(43)13(37)7(2-32)53-29)59-30-24(18(42)12(36)8(3-33)54-30)58-28-21(45)22(15(39)9(4-34)52-28)56-27-20(44)16(40)14(38)10(55-27)5-50-60(47,48)49/h6-46H,1-5H2,(H2,47,48,49)/t6-,7-,8-,9-,10-,11-,12-,13-,14-,15-,16+,17+,18+,19+,20+,21+,22+,23+,24+,25+,26?,27-,28-,29-,30-/m1/s1. The molecular formula is C30H53O29P. The highest BCUT2D eigenvalue weighted by molar-refractivity contribution is 7.46. The number of hydrogen-bond acceptors (Lipinski definition) is 27. The van der Waals surface area contributed by atoms with Gasteiger partial charge in [-0.3, -0.25) is 4.52 Å². The Hall–Kier alpha value is -0.890. The lowest BCUT2D eigenvalue weighted by molar-refractivity contribution is -0.409. The van der Waals surface area contributed by atoms with Crippen LogP contribution in [0.1, 0.15) is 0 Å². The van der Waals surface area contributed by atoms with Crippen molar-refractivity contribution in [1.82, 2.24) is 0 Å². The van der Waals surface area contributed by atoms with Gasteiger partial charge in [0.05, 0.1) is 33.0 Å². The van der Waals surface area contributed by atoms with Crippen molar-refractivity contribution in [3.8, 4) is 0 Å². The zero-order chi connectivity index (χ0) is 44.5. The van der Waals surface area contributed by atoms with Crippen LogP contribution in [0, 0.1) is 0 Å². The highest BCUT2D eigenvalue weighted by atomic mass is 31.2. The van der Waals surface area contributed by atoms with Gasteiger partial charge in [-0.25, -0.2) is 4.57 Å². The summed E-state index contributed by atoms with van der Waals surface area (Å²) in [6.45, 7) is -4.93.